The van der Waals surface area contributed by atoms with Crippen LogP contribution >= 0.6 is 0 Å². The minimum Gasteiger partial charge on any atom is -0.444 e. The summed E-state index contributed by atoms with van der Waals surface area (Å²) in [6, 6.07) is 1.49. The Morgan fingerprint density at radius 3 is 2.66 bits per heavy atom. The number of carbonyl (C=O) groups excluding carboxylic acids is 2. The van der Waals surface area contributed by atoms with Gasteiger partial charge in [0.05, 0.1) is 22.6 Å². The molecule has 9 heteroatoms. The Bertz CT molecular complexity index is 931. The molecule has 0 atom stereocenters. The molecular formula is C20H24F2N4O3. The first-order valence-corrected chi connectivity index (χ1v) is 9.40. The summed E-state index contributed by atoms with van der Waals surface area (Å²) < 4.78 is 32.4. The molecule has 1 fully saturated rings. The Morgan fingerprint density at radius 1 is 1.41 bits per heavy atom. The van der Waals surface area contributed by atoms with Crippen LogP contribution in [-0.2, 0) is 11.3 Å². The second kappa shape index (κ2) is 7.88. The van der Waals surface area contributed by atoms with Crippen LogP contribution in [0, 0.1) is 6.92 Å². The molecule has 2 heterocycles. The Kier molecular flexibility index (Phi) is 5.68. The number of amides is 1. The molecule has 0 spiro atoms. The number of hydrogen-bond donors (Lipinski definition) is 1. The molecule has 7 nitrogen and oxygen atoms in total. The van der Waals surface area contributed by atoms with Gasteiger partial charge in [0.25, 0.3) is 6.43 Å². The average Bonchev–Trinajstić information content (AvgIpc) is 3.38. The lowest BCUT2D eigenvalue weighted by atomic mass is 10.0. The van der Waals surface area contributed by atoms with Crippen LogP contribution in [-0.4, -0.2) is 39.2 Å². The molecule has 1 N–H and O–H groups in total. The van der Waals surface area contributed by atoms with E-state index in [-0.39, 0.29) is 17.2 Å². The standard InChI is InChI=1S/C20H24F2N4O3/c1-11-16(17(12-5-6-12)25-26(11)9-15(21)22)18-13(10-27)14(7-8-23-18)24-19(28)29-20(2,3)4/h7-8,10,12,15H,5-6,9H2,1-4H3,(H,23,24,28). The lowest BCUT2D eigenvalue weighted by molar-refractivity contribution is 0.0636. The summed E-state index contributed by atoms with van der Waals surface area (Å²) in [6.07, 6.45) is 0.609. The van der Waals surface area contributed by atoms with Crippen LogP contribution in [0.2, 0.25) is 0 Å². The van der Waals surface area contributed by atoms with Crippen molar-refractivity contribution >= 4 is 18.1 Å². The number of alkyl halides is 2. The number of hydrogen-bond acceptors (Lipinski definition) is 5. The molecule has 29 heavy (non-hydrogen) atoms. The molecule has 1 aliphatic rings. The summed E-state index contributed by atoms with van der Waals surface area (Å²) in [5.41, 5.74) is 1.75. The number of anilines is 1. The largest absolute Gasteiger partial charge is 0.444 e. The van der Waals surface area contributed by atoms with E-state index in [1.54, 1.807) is 27.7 Å². The number of ether oxygens (including phenoxy) is 1. The minimum atomic E-state index is -2.55. The third-order valence-corrected chi connectivity index (χ3v) is 4.49. The van der Waals surface area contributed by atoms with Crippen LogP contribution < -0.4 is 5.32 Å². The van der Waals surface area contributed by atoms with Crippen LogP contribution in [0.3, 0.4) is 0 Å². The first kappa shape index (κ1) is 20.9. The zero-order chi connectivity index (χ0) is 21.3. The van der Waals surface area contributed by atoms with Gasteiger partial charge < -0.3 is 4.74 Å². The van der Waals surface area contributed by atoms with Crippen molar-refractivity contribution in [1.29, 1.82) is 0 Å². The SMILES string of the molecule is Cc1c(-c2nccc(NC(=O)OC(C)(C)C)c2C=O)c(C2CC2)nn1CC(F)F. The summed E-state index contributed by atoms with van der Waals surface area (Å²) in [5.74, 6) is 0.159. The molecular weight excluding hydrogens is 382 g/mol. The number of nitrogens with zero attached hydrogens (tertiary/aromatic N) is 3. The van der Waals surface area contributed by atoms with E-state index in [2.05, 4.69) is 15.4 Å². The quantitative estimate of drug-likeness (QED) is 0.711. The Morgan fingerprint density at radius 2 is 2.10 bits per heavy atom. The Balaban J connectivity index is 2.04. The first-order valence-electron chi connectivity index (χ1n) is 9.40. The second-order valence-corrected chi connectivity index (χ2v) is 8.06. The lowest BCUT2D eigenvalue weighted by Gasteiger charge is -2.20. The molecule has 0 aliphatic heterocycles. The number of halogens is 2. The maximum Gasteiger partial charge on any atom is 0.412 e. The molecule has 0 bridgehead atoms. The fraction of sp³-hybridized carbons (Fsp3) is 0.500. The van der Waals surface area contributed by atoms with Crippen molar-refractivity contribution in [2.45, 2.75) is 65.0 Å². The number of nitrogens with one attached hydrogen (secondary N) is 1. The van der Waals surface area contributed by atoms with E-state index in [0.717, 1.165) is 12.8 Å². The van der Waals surface area contributed by atoms with E-state index >= 15 is 0 Å². The molecule has 0 aromatic carbocycles. The lowest BCUT2D eigenvalue weighted by Crippen LogP contribution is -2.27. The fourth-order valence-corrected chi connectivity index (χ4v) is 3.13. The van der Waals surface area contributed by atoms with Crippen LogP contribution in [0.1, 0.15) is 61.3 Å². The van der Waals surface area contributed by atoms with Crippen LogP contribution in [0.25, 0.3) is 11.3 Å². The highest BCUT2D eigenvalue weighted by Gasteiger charge is 2.33. The molecule has 1 aliphatic carbocycles. The molecule has 1 amide bonds. The molecule has 3 rings (SSSR count). The number of rotatable bonds is 6. The van der Waals surface area contributed by atoms with E-state index in [4.69, 9.17) is 4.74 Å². The van der Waals surface area contributed by atoms with Crippen molar-refractivity contribution in [3.8, 4) is 11.3 Å². The van der Waals surface area contributed by atoms with Crippen molar-refractivity contribution in [3.63, 3.8) is 0 Å². The predicted molar refractivity (Wildman–Crippen MR) is 103 cm³/mol. The normalized spacial score (nSPS) is 14.2. The molecule has 1 saturated carbocycles. The van der Waals surface area contributed by atoms with Gasteiger partial charge >= 0.3 is 6.09 Å². The van der Waals surface area contributed by atoms with Gasteiger partial charge in [0.15, 0.2) is 6.29 Å². The smallest absolute Gasteiger partial charge is 0.412 e. The molecule has 0 unspecified atom stereocenters. The van der Waals surface area contributed by atoms with E-state index in [9.17, 15) is 18.4 Å². The van der Waals surface area contributed by atoms with Gasteiger partial charge in [0.2, 0.25) is 0 Å². The third-order valence-electron chi connectivity index (χ3n) is 4.49. The highest BCUT2D eigenvalue weighted by atomic mass is 19.3. The van der Waals surface area contributed by atoms with E-state index in [1.807, 2.05) is 0 Å². The van der Waals surface area contributed by atoms with E-state index in [1.165, 1.54) is 16.9 Å². The van der Waals surface area contributed by atoms with Gasteiger partial charge in [-0.15, -0.1) is 0 Å². The summed E-state index contributed by atoms with van der Waals surface area (Å²) in [6.45, 7) is 6.34. The Labute approximate surface area is 167 Å². The van der Waals surface area contributed by atoms with Crippen LogP contribution in [0.15, 0.2) is 12.3 Å². The number of carbonyl (C=O) groups is 2. The van der Waals surface area contributed by atoms with Crippen molar-refractivity contribution in [2.24, 2.45) is 0 Å². The molecule has 0 radical (unpaired) electrons. The zero-order valence-corrected chi connectivity index (χ0v) is 16.8. The van der Waals surface area contributed by atoms with Gasteiger partial charge in [-0.1, -0.05) is 0 Å². The monoisotopic (exact) mass is 406 g/mol. The first-order chi connectivity index (χ1) is 13.6. The van der Waals surface area contributed by atoms with Gasteiger partial charge in [-0.3, -0.25) is 19.8 Å². The van der Waals surface area contributed by atoms with Gasteiger partial charge in [0.1, 0.15) is 12.1 Å². The van der Waals surface area contributed by atoms with Crippen molar-refractivity contribution in [3.05, 3.63) is 29.2 Å². The molecule has 2 aromatic rings. The Hall–Kier alpha value is -2.84. The van der Waals surface area contributed by atoms with Crippen LogP contribution in [0.4, 0.5) is 19.3 Å². The second-order valence-electron chi connectivity index (χ2n) is 8.06. The third kappa shape index (κ3) is 4.78. The molecule has 2 aromatic heterocycles. The van der Waals surface area contributed by atoms with Gasteiger partial charge in [-0.05, 0) is 46.6 Å². The predicted octanol–water partition coefficient (Wildman–Crippen LogP) is 4.56. The topological polar surface area (TPSA) is 86.1 Å². The maximum atomic E-state index is 13.0. The fourth-order valence-electron chi connectivity index (χ4n) is 3.13. The van der Waals surface area contributed by atoms with Gasteiger partial charge in [-0.25, -0.2) is 13.6 Å². The van der Waals surface area contributed by atoms with Crippen molar-refractivity contribution in [1.82, 2.24) is 14.8 Å². The minimum absolute atomic E-state index is 0.153. The highest BCUT2D eigenvalue weighted by Crippen LogP contribution is 2.45. The zero-order valence-electron chi connectivity index (χ0n) is 16.8. The van der Waals surface area contributed by atoms with E-state index < -0.39 is 24.7 Å². The summed E-state index contributed by atoms with van der Waals surface area (Å²) in [4.78, 5) is 28.4. The summed E-state index contributed by atoms with van der Waals surface area (Å²) >= 11 is 0. The average molecular weight is 406 g/mol. The molecule has 0 saturated heterocycles. The highest BCUT2D eigenvalue weighted by molar-refractivity contribution is 5.98. The van der Waals surface area contributed by atoms with E-state index in [0.29, 0.717) is 28.9 Å². The van der Waals surface area contributed by atoms with Crippen molar-refractivity contribution < 1.29 is 23.1 Å². The van der Waals surface area contributed by atoms with Crippen LogP contribution in [0.5, 0.6) is 0 Å². The summed E-state index contributed by atoms with van der Waals surface area (Å²) in [7, 11) is 0. The number of aromatic nitrogens is 3. The van der Waals surface area contributed by atoms with Gasteiger partial charge in [0, 0.05) is 23.4 Å². The maximum absolute atomic E-state index is 13.0. The summed E-state index contributed by atoms with van der Waals surface area (Å²) in [5, 5.41) is 6.94. The van der Waals surface area contributed by atoms with Gasteiger partial charge in [-0.2, -0.15) is 5.10 Å². The number of aldehydes is 1. The molecule has 156 valence electrons. The van der Waals surface area contributed by atoms with Crippen molar-refractivity contribution in [2.75, 3.05) is 5.32 Å². The number of pyridine rings is 1.